The van der Waals surface area contributed by atoms with Gasteiger partial charge in [0.25, 0.3) is 11.8 Å². The van der Waals surface area contributed by atoms with Crippen LogP contribution in [0.2, 0.25) is 0 Å². The molecule has 0 saturated carbocycles. The Bertz CT molecular complexity index is 1010. The van der Waals surface area contributed by atoms with E-state index in [1.54, 1.807) is 17.1 Å². The van der Waals surface area contributed by atoms with Gasteiger partial charge in [0.1, 0.15) is 15.6 Å². The van der Waals surface area contributed by atoms with Gasteiger partial charge in [0.05, 0.1) is 25.2 Å². The number of sulfonamides is 1. The van der Waals surface area contributed by atoms with Crippen molar-refractivity contribution < 1.29 is 26.3 Å². The summed E-state index contributed by atoms with van der Waals surface area (Å²) in [5.41, 5.74) is 0.473. The first-order valence-electron chi connectivity index (χ1n) is 7.90. The van der Waals surface area contributed by atoms with E-state index >= 15 is 0 Å². The fourth-order valence-corrected chi connectivity index (χ4v) is 4.07. The molecule has 3 rings (SSSR count). The maximum Gasteiger partial charge on any atom is 0.314 e. The number of aromatic amines is 1. The van der Waals surface area contributed by atoms with Crippen molar-refractivity contribution in [2.75, 3.05) is 10.6 Å². The fraction of sp³-hybridized carbons (Fsp3) is 0.429. The van der Waals surface area contributed by atoms with Gasteiger partial charge in [-0.15, -0.1) is 26.2 Å². The van der Waals surface area contributed by atoms with Crippen LogP contribution in [-0.4, -0.2) is 35.0 Å². The predicted octanol–water partition coefficient (Wildman–Crippen LogP) is 2.12. The third kappa shape index (κ3) is 4.47. The number of rotatable bonds is 8. The number of anilines is 1. The van der Waals surface area contributed by atoms with E-state index < -0.39 is 22.3 Å². The topological polar surface area (TPSA) is 109 Å². The highest BCUT2D eigenvalue weighted by Crippen LogP contribution is 2.29. The van der Waals surface area contributed by atoms with E-state index in [0.29, 0.717) is 15.6 Å². The predicted molar refractivity (Wildman–Crippen MR) is 92.7 cm³/mol. The minimum absolute atomic E-state index is 0.0106. The maximum absolute atomic E-state index is 12.6. The lowest BCUT2D eigenvalue weighted by molar-refractivity contribution is -0.749. The van der Waals surface area contributed by atoms with Crippen LogP contribution in [0.25, 0.3) is 10.8 Å². The summed E-state index contributed by atoms with van der Waals surface area (Å²) in [5.74, 6) is -0.854. The lowest BCUT2D eigenvalue weighted by atomic mass is 10.5. The zero-order valence-corrected chi connectivity index (χ0v) is 16.1. The number of alkyl halides is 2. The Morgan fingerprint density at radius 2 is 2.19 bits per heavy atom. The van der Waals surface area contributed by atoms with Gasteiger partial charge in [-0.05, 0) is 0 Å². The number of nitrogens with zero attached hydrogens (tertiary/aromatic N) is 5. The molecule has 0 amide bonds. The van der Waals surface area contributed by atoms with Gasteiger partial charge in [0.2, 0.25) is 16.2 Å². The molecule has 0 aliphatic heterocycles. The Morgan fingerprint density at radius 3 is 2.81 bits per heavy atom. The molecule has 0 bridgehead atoms. The van der Waals surface area contributed by atoms with E-state index in [-0.39, 0.29) is 12.4 Å². The first-order valence-corrected chi connectivity index (χ1v) is 10.6. The highest BCUT2D eigenvalue weighted by molar-refractivity contribution is 7.92. The van der Waals surface area contributed by atoms with Gasteiger partial charge in [0.15, 0.2) is 6.54 Å². The Kier molecular flexibility index (Phi) is 5.51. The van der Waals surface area contributed by atoms with Crippen LogP contribution in [0.4, 0.5) is 14.5 Å². The molecule has 9 nitrogen and oxygen atoms in total. The van der Waals surface area contributed by atoms with Gasteiger partial charge in [0, 0.05) is 6.42 Å². The molecule has 0 fully saturated rings. The van der Waals surface area contributed by atoms with Gasteiger partial charge in [-0.1, -0.05) is 6.92 Å². The highest BCUT2D eigenvalue weighted by atomic mass is 32.2. The quantitative estimate of drug-likeness (QED) is 0.560. The van der Waals surface area contributed by atoms with Crippen molar-refractivity contribution in [2.45, 2.75) is 32.9 Å². The van der Waals surface area contributed by atoms with E-state index in [9.17, 15) is 17.2 Å². The van der Waals surface area contributed by atoms with Gasteiger partial charge in [-0.2, -0.15) is 13.9 Å². The van der Waals surface area contributed by atoms with Gasteiger partial charge < -0.3 is 4.42 Å². The second-order valence-electron chi connectivity index (χ2n) is 5.65. The standard InChI is InChI=1S/C14H16F2N6O3S2/c1-3-4-21-7-9(5-18-21)22(27(2,23)24)8-11-17-6-10(26-11)13-19-20-14(25-13)12(15)16/h5-7,12H,3-4,8H2,1-2H3/p+1. The van der Waals surface area contributed by atoms with E-state index in [1.807, 2.05) is 6.92 Å². The second kappa shape index (κ2) is 7.68. The molecule has 0 radical (unpaired) electrons. The van der Waals surface area contributed by atoms with E-state index in [1.165, 1.54) is 10.5 Å². The maximum atomic E-state index is 12.6. The molecule has 146 valence electrons. The third-order valence-electron chi connectivity index (χ3n) is 3.49. The van der Waals surface area contributed by atoms with Gasteiger partial charge in [-0.3, -0.25) is 4.31 Å². The second-order valence-corrected chi connectivity index (χ2v) is 8.68. The molecule has 0 aromatic carbocycles. The number of H-pyrrole nitrogens is 1. The molecule has 3 aromatic rings. The average Bonchev–Trinajstić information content (AvgIpc) is 3.32. The number of nitrogens with one attached hydrogen (secondary N) is 1. The average molecular weight is 419 g/mol. The first kappa shape index (κ1) is 19.4. The molecular formula is C14H17F2N6O3S2+. The minimum Gasteiger partial charge on any atom is -0.414 e. The van der Waals surface area contributed by atoms with Gasteiger partial charge >= 0.3 is 6.43 Å². The van der Waals surface area contributed by atoms with Crippen LogP contribution in [0, 0.1) is 0 Å². The molecule has 1 N–H and O–H groups in total. The van der Waals surface area contributed by atoms with Crippen molar-refractivity contribution in [2.24, 2.45) is 0 Å². The van der Waals surface area contributed by atoms with Crippen molar-refractivity contribution in [1.29, 1.82) is 0 Å². The van der Waals surface area contributed by atoms with Crippen molar-refractivity contribution in [3.63, 3.8) is 0 Å². The fourth-order valence-electron chi connectivity index (χ4n) is 2.32. The van der Waals surface area contributed by atoms with Crippen molar-refractivity contribution in [3.05, 3.63) is 29.5 Å². The molecule has 0 unspecified atom stereocenters. The molecule has 0 spiro atoms. The summed E-state index contributed by atoms with van der Waals surface area (Å²) in [5, 5.41) is 10.3. The Morgan fingerprint density at radius 1 is 1.41 bits per heavy atom. The largest absolute Gasteiger partial charge is 0.414 e. The Labute approximate surface area is 157 Å². The van der Waals surface area contributed by atoms with E-state index in [4.69, 9.17) is 4.42 Å². The number of hydrogen-bond acceptors (Lipinski definition) is 7. The molecule has 13 heteroatoms. The molecule has 27 heavy (non-hydrogen) atoms. The van der Waals surface area contributed by atoms with Crippen LogP contribution in [0.15, 0.2) is 23.0 Å². The molecule has 0 aliphatic rings. The minimum atomic E-state index is -3.56. The van der Waals surface area contributed by atoms with Crippen LogP contribution >= 0.6 is 11.3 Å². The van der Waals surface area contributed by atoms with Crippen LogP contribution in [0.5, 0.6) is 0 Å². The van der Waals surface area contributed by atoms with Crippen LogP contribution in [0.3, 0.4) is 0 Å². The van der Waals surface area contributed by atoms with E-state index in [0.717, 1.165) is 30.6 Å². The number of hydrogen-bond donors (Lipinski definition) is 1. The summed E-state index contributed by atoms with van der Waals surface area (Å²) in [6.07, 6.45) is 3.82. The summed E-state index contributed by atoms with van der Waals surface area (Å²) in [4.78, 5) is 4.53. The molecule has 3 heterocycles. The summed E-state index contributed by atoms with van der Waals surface area (Å²) >= 11 is 1.09. The molecule has 0 saturated heterocycles. The summed E-state index contributed by atoms with van der Waals surface area (Å²) in [6.45, 7) is 2.72. The number of aromatic nitrogens is 5. The molecule has 0 atom stereocenters. The van der Waals surface area contributed by atoms with Crippen molar-refractivity contribution in [1.82, 2.24) is 20.3 Å². The molecule has 3 aromatic heterocycles. The van der Waals surface area contributed by atoms with Crippen LogP contribution in [-0.2, 0) is 23.1 Å². The Hall–Kier alpha value is -2.41. The summed E-state index contributed by atoms with van der Waals surface area (Å²) in [7, 11) is -3.56. The Balaban J connectivity index is 1.83. The monoisotopic (exact) mass is 419 g/mol. The SMILES string of the molecule is CCC[n+]1cc(N(Cc2ncc(-c3nnc(C(F)F)o3)s2)S(C)(=O)=O)c[nH]1. The lowest BCUT2D eigenvalue weighted by Gasteiger charge is -2.17. The number of aryl methyl sites for hydroxylation is 1. The number of halogens is 2. The third-order valence-corrected chi connectivity index (χ3v) is 5.60. The van der Waals surface area contributed by atoms with Gasteiger partial charge in [-0.25, -0.2) is 13.4 Å². The van der Waals surface area contributed by atoms with Crippen molar-refractivity contribution in [3.8, 4) is 10.8 Å². The van der Waals surface area contributed by atoms with Crippen LogP contribution in [0.1, 0.15) is 30.7 Å². The van der Waals surface area contributed by atoms with Crippen molar-refractivity contribution >= 4 is 27.0 Å². The smallest absolute Gasteiger partial charge is 0.314 e. The number of thiazole rings is 1. The van der Waals surface area contributed by atoms with E-state index in [2.05, 4.69) is 20.3 Å². The molecular weight excluding hydrogens is 402 g/mol. The summed E-state index contributed by atoms with van der Waals surface area (Å²) in [6, 6.07) is 0. The summed E-state index contributed by atoms with van der Waals surface area (Å²) < 4.78 is 57.4. The zero-order valence-electron chi connectivity index (χ0n) is 14.5. The van der Waals surface area contributed by atoms with Crippen LogP contribution < -0.4 is 8.99 Å². The first-order chi connectivity index (χ1) is 12.8. The lowest BCUT2D eigenvalue weighted by Crippen LogP contribution is -2.35. The zero-order chi connectivity index (χ0) is 19.6. The highest BCUT2D eigenvalue weighted by Gasteiger charge is 2.24. The molecule has 0 aliphatic carbocycles. The normalized spacial score (nSPS) is 12.0.